The molecule has 0 aromatic heterocycles. The van der Waals surface area contributed by atoms with E-state index in [9.17, 15) is 9.59 Å². The zero-order valence-corrected chi connectivity index (χ0v) is 13.5. The first-order valence-electron chi connectivity index (χ1n) is 6.38. The van der Waals surface area contributed by atoms with Crippen molar-refractivity contribution >= 4 is 39.6 Å². The molecule has 1 saturated carbocycles. The Balaban J connectivity index is 1.86. The summed E-state index contributed by atoms with van der Waals surface area (Å²) in [6.45, 7) is 1.98. The fraction of sp³-hybridized carbons (Fsp3) is 0.429. The van der Waals surface area contributed by atoms with Crippen LogP contribution in [0.1, 0.15) is 18.4 Å². The summed E-state index contributed by atoms with van der Waals surface area (Å²) in [6.07, 6.45) is 1.77. The van der Waals surface area contributed by atoms with Crippen LogP contribution in [0, 0.1) is 12.8 Å². The Morgan fingerprint density at radius 2 is 2.20 bits per heavy atom. The van der Waals surface area contributed by atoms with Gasteiger partial charge in [0.15, 0.2) is 0 Å². The van der Waals surface area contributed by atoms with Gasteiger partial charge in [0.2, 0.25) is 5.91 Å². The molecule has 6 heteroatoms. The lowest BCUT2D eigenvalue weighted by molar-refractivity contribution is -0.142. The lowest BCUT2D eigenvalue weighted by Gasteiger charge is -2.13. The molecule has 1 amide bonds. The molecule has 0 radical (unpaired) electrons. The predicted molar refractivity (Wildman–Crippen MR) is 81.9 cm³/mol. The third kappa shape index (κ3) is 4.24. The SMILES string of the molecule is Cc1cc(Br)ccc1SCC(=O)NC(C(=O)O)C1CC1. The van der Waals surface area contributed by atoms with Crippen LogP contribution in [0.25, 0.3) is 0 Å². The van der Waals surface area contributed by atoms with E-state index >= 15 is 0 Å². The summed E-state index contributed by atoms with van der Waals surface area (Å²) in [4.78, 5) is 23.9. The highest BCUT2D eigenvalue weighted by Crippen LogP contribution is 2.33. The Morgan fingerprint density at radius 1 is 1.50 bits per heavy atom. The average Bonchev–Trinajstić information content (AvgIpc) is 3.18. The monoisotopic (exact) mass is 357 g/mol. The maximum atomic E-state index is 11.8. The summed E-state index contributed by atoms with van der Waals surface area (Å²) in [5.74, 6) is -0.822. The van der Waals surface area contributed by atoms with E-state index in [1.807, 2.05) is 25.1 Å². The number of aliphatic carboxylic acids is 1. The molecule has 0 heterocycles. The Bertz CT molecular complexity index is 531. The molecule has 1 atom stereocenters. The highest BCUT2D eigenvalue weighted by Gasteiger charge is 2.37. The number of carbonyl (C=O) groups excluding carboxylic acids is 1. The smallest absolute Gasteiger partial charge is 0.326 e. The molecule has 1 aliphatic carbocycles. The topological polar surface area (TPSA) is 66.4 Å². The van der Waals surface area contributed by atoms with Crippen LogP contribution >= 0.6 is 27.7 Å². The molecule has 20 heavy (non-hydrogen) atoms. The molecule has 0 bridgehead atoms. The van der Waals surface area contributed by atoms with Gasteiger partial charge in [0, 0.05) is 9.37 Å². The molecule has 2 N–H and O–H groups in total. The van der Waals surface area contributed by atoms with Crippen molar-refractivity contribution in [2.24, 2.45) is 5.92 Å². The molecule has 0 aliphatic heterocycles. The van der Waals surface area contributed by atoms with Gasteiger partial charge in [-0.05, 0) is 49.4 Å². The van der Waals surface area contributed by atoms with Gasteiger partial charge in [0.05, 0.1) is 5.75 Å². The largest absolute Gasteiger partial charge is 0.480 e. The van der Waals surface area contributed by atoms with Gasteiger partial charge in [-0.3, -0.25) is 4.79 Å². The lowest BCUT2D eigenvalue weighted by Crippen LogP contribution is -2.43. The van der Waals surface area contributed by atoms with Crippen molar-refractivity contribution < 1.29 is 14.7 Å². The second kappa shape index (κ2) is 6.63. The summed E-state index contributed by atoms with van der Waals surface area (Å²) < 4.78 is 1.00. The Kier molecular flexibility index (Phi) is 5.10. The summed E-state index contributed by atoms with van der Waals surface area (Å²) in [5, 5.41) is 11.7. The molecule has 1 unspecified atom stereocenters. The number of aryl methyl sites for hydroxylation is 1. The molecule has 2 rings (SSSR count). The molecular formula is C14H16BrNO3S. The van der Waals surface area contributed by atoms with E-state index in [2.05, 4.69) is 21.2 Å². The Morgan fingerprint density at radius 3 is 2.75 bits per heavy atom. The Labute approximate surface area is 130 Å². The quantitative estimate of drug-likeness (QED) is 0.768. The number of thioether (sulfide) groups is 1. The number of carboxylic acid groups (broad SMARTS) is 1. The summed E-state index contributed by atoms with van der Waals surface area (Å²) >= 11 is 4.82. The summed E-state index contributed by atoms with van der Waals surface area (Å²) in [6, 6.07) is 5.14. The van der Waals surface area contributed by atoms with Crippen LogP contribution in [0.5, 0.6) is 0 Å². The van der Waals surface area contributed by atoms with Crippen molar-refractivity contribution in [3.8, 4) is 0 Å². The molecule has 0 spiro atoms. The highest BCUT2D eigenvalue weighted by molar-refractivity contribution is 9.10. The summed E-state index contributed by atoms with van der Waals surface area (Å²) in [5.41, 5.74) is 1.09. The highest BCUT2D eigenvalue weighted by atomic mass is 79.9. The third-order valence-electron chi connectivity index (χ3n) is 3.17. The van der Waals surface area contributed by atoms with Gasteiger partial charge >= 0.3 is 5.97 Å². The minimum Gasteiger partial charge on any atom is -0.480 e. The average molecular weight is 358 g/mol. The van der Waals surface area contributed by atoms with Gasteiger partial charge in [-0.15, -0.1) is 11.8 Å². The van der Waals surface area contributed by atoms with Gasteiger partial charge in [0.1, 0.15) is 6.04 Å². The van der Waals surface area contributed by atoms with Crippen LogP contribution in [-0.4, -0.2) is 28.8 Å². The van der Waals surface area contributed by atoms with E-state index in [0.29, 0.717) is 0 Å². The van der Waals surface area contributed by atoms with Crippen molar-refractivity contribution in [1.82, 2.24) is 5.32 Å². The molecule has 1 aromatic carbocycles. The standard InChI is InChI=1S/C14H16BrNO3S/c1-8-6-10(15)4-5-11(8)20-7-12(17)16-13(14(18)19)9-2-3-9/h4-6,9,13H,2-3,7H2,1H3,(H,16,17)(H,18,19). The minimum atomic E-state index is -0.939. The van der Waals surface area contributed by atoms with E-state index in [1.54, 1.807) is 0 Å². The van der Waals surface area contributed by atoms with Crippen LogP contribution in [0.4, 0.5) is 0 Å². The molecule has 108 valence electrons. The lowest BCUT2D eigenvalue weighted by atomic mass is 10.2. The van der Waals surface area contributed by atoms with Crippen molar-refractivity contribution in [2.75, 3.05) is 5.75 Å². The predicted octanol–water partition coefficient (Wildman–Crippen LogP) is 2.83. The minimum absolute atomic E-state index is 0.107. The van der Waals surface area contributed by atoms with Crippen molar-refractivity contribution in [2.45, 2.75) is 30.7 Å². The van der Waals surface area contributed by atoms with Gasteiger partial charge in [0.25, 0.3) is 0 Å². The molecule has 1 aliphatic rings. The number of nitrogens with one attached hydrogen (secondary N) is 1. The van der Waals surface area contributed by atoms with E-state index < -0.39 is 12.0 Å². The van der Waals surface area contributed by atoms with Crippen LogP contribution < -0.4 is 5.32 Å². The molecule has 1 fully saturated rings. The van der Waals surface area contributed by atoms with Crippen molar-refractivity contribution in [3.63, 3.8) is 0 Å². The van der Waals surface area contributed by atoms with E-state index in [1.165, 1.54) is 11.8 Å². The first-order valence-corrected chi connectivity index (χ1v) is 8.16. The number of carboxylic acids is 1. The molecule has 4 nitrogen and oxygen atoms in total. The van der Waals surface area contributed by atoms with Crippen LogP contribution in [0.15, 0.2) is 27.6 Å². The normalized spacial score (nSPS) is 15.7. The number of halogens is 1. The zero-order valence-electron chi connectivity index (χ0n) is 11.1. The van der Waals surface area contributed by atoms with Crippen LogP contribution in [-0.2, 0) is 9.59 Å². The fourth-order valence-corrected chi connectivity index (χ4v) is 3.24. The second-order valence-electron chi connectivity index (χ2n) is 4.92. The zero-order chi connectivity index (χ0) is 14.7. The number of hydrogen-bond donors (Lipinski definition) is 2. The van der Waals surface area contributed by atoms with Gasteiger partial charge in [-0.2, -0.15) is 0 Å². The van der Waals surface area contributed by atoms with Crippen LogP contribution in [0.2, 0.25) is 0 Å². The van der Waals surface area contributed by atoms with E-state index in [-0.39, 0.29) is 17.6 Å². The molecular weight excluding hydrogens is 342 g/mol. The number of hydrogen-bond acceptors (Lipinski definition) is 3. The van der Waals surface area contributed by atoms with Gasteiger partial charge < -0.3 is 10.4 Å². The maximum Gasteiger partial charge on any atom is 0.326 e. The first-order chi connectivity index (χ1) is 9.47. The molecule has 1 aromatic rings. The number of carbonyl (C=O) groups is 2. The number of rotatable bonds is 6. The van der Waals surface area contributed by atoms with Crippen molar-refractivity contribution in [3.05, 3.63) is 28.2 Å². The van der Waals surface area contributed by atoms with Crippen LogP contribution in [0.3, 0.4) is 0 Å². The van der Waals surface area contributed by atoms with Gasteiger partial charge in [-0.25, -0.2) is 4.79 Å². The van der Waals surface area contributed by atoms with Crippen molar-refractivity contribution in [1.29, 1.82) is 0 Å². The number of amides is 1. The maximum absolute atomic E-state index is 11.8. The Hall–Kier alpha value is -1.01. The van der Waals surface area contributed by atoms with E-state index in [0.717, 1.165) is 27.8 Å². The van der Waals surface area contributed by atoms with Gasteiger partial charge in [-0.1, -0.05) is 15.9 Å². The fourth-order valence-electron chi connectivity index (χ4n) is 1.94. The summed E-state index contributed by atoms with van der Waals surface area (Å²) in [7, 11) is 0. The second-order valence-corrected chi connectivity index (χ2v) is 6.85. The van der Waals surface area contributed by atoms with E-state index in [4.69, 9.17) is 5.11 Å². The first kappa shape index (κ1) is 15.4. The number of benzene rings is 1. The molecule has 0 saturated heterocycles. The third-order valence-corrected chi connectivity index (χ3v) is 4.84.